The average molecular weight is 478 g/mol. The fourth-order valence-electron chi connectivity index (χ4n) is 4.87. The summed E-state index contributed by atoms with van der Waals surface area (Å²) in [5.74, 6) is 0. The lowest BCUT2D eigenvalue weighted by Gasteiger charge is -2.16. The molecule has 6 rings (SSSR count). The van der Waals surface area contributed by atoms with E-state index in [1.807, 2.05) is 24.3 Å². The minimum Gasteiger partial charge on any atom is -0.258 e. The first kappa shape index (κ1) is 19.0. The van der Waals surface area contributed by atoms with Crippen LogP contribution in [0.1, 0.15) is 0 Å². The Morgan fingerprint density at radius 2 is 1.06 bits per heavy atom. The maximum Gasteiger partial charge on any atom is 0.277 e. The zero-order valence-corrected chi connectivity index (χ0v) is 18.5. The lowest BCUT2D eigenvalue weighted by molar-refractivity contribution is -0.384. The Bertz CT molecular complexity index is 1720. The summed E-state index contributed by atoms with van der Waals surface area (Å²) in [5.41, 5.74) is 1.57. The molecule has 4 heteroatoms. The number of halogens is 1. The summed E-state index contributed by atoms with van der Waals surface area (Å²) in [4.78, 5) is 11.6. The number of rotatable bonds is 2. The molecule has 0 fully saturated rings. The molecule has 0 atom stereocenters. The molecule has 0 saturated carbocycles. The van der Waals surface area contributed by atoms with Gasteiger partial charge in [0.15, 0.2) is 0 Å². The number of fused-ring (bicyclic) bond motifs is 8. The first-order valence-corrected chi connectivity index (χ1v) is 11.1. The molecule has 0 aliphatic rings. The maximum atomic E-state index is 11.9. The summed E-state index contributed by atoms with van der Waals surface area (Å²) in [6, 6.07) is 32.3. The number of nitro groups is 1. The van der Waals surface area contributed by atoms with E-state index in [-0.39, 0.29) is 10.6 Å². The molecule has 0 spiro atoms. The van der Waals surface area contributed by atoms with E-state index < -0.39 is 0 Å². The van der Waals surface area contributed by atoms with Crippen molar-refractivity contribution in [1.82, 2.24) is 0 Å². The van der Waals surface area contributed by atoms with E-state index in [9.17, 15) is 10.1 Å². The van der Waals surface area contributed by atoms with Crippen LogP contribution in [0, 0.1) is 10.1 Å². The van der Waals surface area contributed by atoms with Crippen LogP contribution in [0.5, 0.6) is 0 Å². The van der Waals surface area contributed by atoms with Crippen molar-refractivity contribution in [3.8, 4) is 11.1 Å². The van der Waals surface area contributed by atoms with Gasteiger partial charge in [0.25, 0.3) is 5.69 Å². The van der Waals surface area contributed by atoms with Crippen molar-refractivity contribution in [3.63, 3.8) is 0 Å². The Hall–Kier alpha value is -3.76. The molecular formula is C28H16BrNO2. The van der Waals surface area contributed by atoms with E-state index in [2.05, 4.69) is 76.6 Å². The molecule has 152 valence electrons. The van der Waals surface area contributed by atoms with Gasteiger partial charge in [0.2, 0.25) is 0 Å². The number of hydrogen-bond acceptors (Lipinski definition) is 2. The van der Waals surface area contributed by atoms with E-state index in [4.69, 9.17) is 0 Å². The first-order chi connectivity index (χ1) is 15.6. The van der Waals surface area contributed by atoms with Gasteiger partial charge in [-0.1, -0.05) is 88.7 Å². The zero-order valence-electron chi connectivity index (χ0n) is 16.9. The molecule has 6 aromatic rings. The zero-order chi connectivity index (χ0) is 21.8. The third-order valence-corrected chi connectivity index (χ3v) is 6.69. The van der Waals surface area contributed by atoms with E-state index in [0.717, 1.165) is 31.6 Å². The van der Waals surface area contributed by atoms with Crippen LogP contribution < -0.4 is 0 Å². The third kappa shape index (κ3) is 2.73. The van der Waals surface area contributed by atoms with Gasteiger partial charge in [0.1, 0.15) is 0 Å². The van der Waals surface area contributed by atoms with Gasteiger partial charge in [-0.05, 0) is 66.9 Å². The second-order valence-electron chi connectivity index (χ2n) is 7.90. The van der Waals surface area contributed by atoms with Crippen LogP contribution in [0.25, 0.3) is 54.2 Å². The van der Waals surface area contributed by atoms with Gasteiger partial charge in [-0.25, -0.2) is 0 Å². The molecule has 0 radical (unpaired) electrons. The van der Waals surface area contributed by atoms with E-state index >= 15 is 0 Å². The summed E-state index contributed by atoms with van der Waals surface area (Å²) in [7, 11) is 0. The minimum absolute atomic E-state index is 0.0998. The van der Waals surface area contributed by atoms with Crippen molar-refractivity contribution in [2.24, 2.45) is 0 Å². The number of nitro benzene ring substituents is 1. The molecule has 0 N–H and O–H groups in total. The van der Waals surface area contributed by atoms with Crippen molar-refractivity contribution in [2.45, 2.75) is 0 Å². The molecule has 0 aromatic heterocycles. The van der Waals surface area contributed by atoms with Crippen LogP contribution in [0.2, 0.25) is 0 Å². The van der Waals surface area contributed by atoms with E-state index in [1.54, 1.807) is 12.1 Å². The van der Waals surface area contributed by atoms with Gasteiger partial charge in [0.05, 0.1) is 10.5 Å². The molecule has 0 heterocycles. The van der Waals surface area contributed by atoms with Crippen LogP contribution in [-0.2, 0) is 0 Å². The van der Waals surface area contributed by atoms with Crippen LogP contribution in [0.15, 0.2) is 102 Å². The largest absolute Gasteiger partial charge is 0.277 e. The molecule has 32 heavy (non-hydrogen) atoms. The van der Waals surface area contributed by atoms with Gasteiger partial charge in [-0.3, -0.25) is 10.1 Å². The Labute approximate surface area is 192 Å². The third-order valence-electron chi connectivity index (χ3n) is 6.19. The molecule has 0 aliphatic carbocycles. The monoisotopic (exact) mass is 477 g/mol. The Morgan fingerprint density at radius 1 is 0.562 bits per heavy atom. The first-order valence-electron chi connectivity index (χ1n) is 10.3. The SMILES string of the molecule is O=[N+]([O-])c1ccc(Br)cc1-c1cc2c3ccccc3c3ccccc3c2c2ccccc12. The highest BCUT2D eigenvalue weighted by atomic mass is 79.9. The highest BCUT2D eigenvalue weighted by molar-refractivity contribution is 9.10. The van der Waals surface area contributed by atoms with Crippen LogP contribution in [0.3, 0.4) is 0 Å². The van der Waals surface area contributed by atoms with Crippen molar-refractivity contribution < 1.29 is 4.92 Å². The summed E-state index contributed by atoms with van der Waals surface area (Å²) < 4.78 is 0.811. The predicted molar refractivity (Wildman–Crippen MR) is 136 cm³/mol. The van der Waals surface area contributed by atoms with Gasteiger partial charge in [-0.15, -0.1) is 0 Å². The van der Waals surface area contributed by atoms with Gasteiger partial charge < -0.3 is 0 Å². The van der Waals surface area contributed by atoms with Crippen LogP contribution in [0.4, 0.5) is 5.69 Å². The molecule has 0 unspecified atom stereocenters. The van der Waals surface area contributed by atoms with Crippen LogP contribution >= 0.6 is 15.9 Å². The lowest BCUT2D eigenvalue weighted by atomic mass is 9.87. The van der Waals surface area contributed by atoms with Crippen molar-refractivity contribution in [1.29, 1.82) is 0 Å². The lowest BCUT2D eigenvalue weighted by Crippen LogP contribution is -1.94. The summed E-state index contributed by atoms with van der Waals surface area (Å²) >= 11 is 3.51. The fourth-order valence-corrected chi connectivity index (χ4v) is 5.23. The number of hydrogen-bond donors (Lipinski definition) is 0. The smallest absolute Gasteiger partial charge is 0.258 e. The average Bonchev–Trinajstić information content (AvgIpc) is 2.83. The summed E-state index contributed by atoms with van der Waals surface area (Å²) in [6.45, 7) is 0. The topological polar surface area (TPSA) is 43.1 Å². The van der Waals surface area contributed by atoms with Gasteiger partial charge in [0, 0.05) is 10.5 Å². The molecule has 0 saturated heterocycles. The van der Waals surface area contributed by atoms with Crippen LogP contribution in [-0.4, -0.2) is 4.92 Å². The predicted octanol–water partition coefficient (Wildman–Crippen LogP) is 8.64. The molecule has 3 nitrogen and oxygen atoms in total. The highest BCUT2D eigenvalue weighted by Gasteiger charge is 2.20. The molecule has 0 bridgehead atoms. The Kier molecular flexibility index (Phi) is 4.23. The molecule has 0 aliphatic heterocycles. The fraction of sp³-hybridized carbons (Fsp3) is 0. The number of nitrogens with zero attached hydrogens (tertiary/aromatic N) is 1. The summed E-state index contributed by atoms with van der Waals surface area (Å²) in [6.07, 6.45) is 0. The number of benzene rings is 6. The van der Waals surface area contributed by atoms with E-state index in [0.29, 0.717) is 5.56 Å². The quantitative estimate of drug-likeness (QED) is 0.142. The van der Waals surface area contributed by atoms with Crippen molar-refractivity contribution >= 4 is 64.7 Å². The van der Waals surface area contributed by atoms with Gasteiger partial charge >= 0.3 is 0 Å². The van der Waals surface area contributed by atoms with Crippen molar-refractivity contribution in [2.75, 3.05) is 0 Å². The minimum atomic E-state index is -0.306. The standard InChI is InChI=1S/C28H16BrNO2/c29-17-13-14-27(30(31)32)25(15-17)24-16-26-20-9-2-1-7-18(20)19-8-3-5-11-22(19)28(26)23-12-6-4-10-21(23)24/h1-16H. The Balaban J connectivity index is 1.91. The second kappa shape index (κ2) is 7.14. The van der Waals surface area contributed by atoms with Gasteiger partial charge in [-0.2, -0.15) is 0 Å². The molecule has 0 amide bonds. The molecular weight excluding hydrogens is 462 g/mol. The second-order valence-corrected chi connectivity index (χ2v) is 8.82. The maximum absolute atomic E-state index is 11.9. The summed E-state index contributed by atoms with van der Waals surface area (Å²) in [5, 5.41) is 21.0. The highest BCUT2D eigenvalue weighted by Crippen LogP contribution is 2.44. The van der Waals surface area contributed by atoms with Crippen molar-refractivity contribution in [3.05, 3.63) is 112 Å². The van der Waals surface area contributed by atoms with E-state index in [1.165, 1.54) is 21.5 Å². The molecule has 6 aromatic carbocycles. The normalized spacial score (nSPS) is 11.5. The Morgan fingerprint density at radius 3 is 1.69 bits per heavy atom.